The number of unbranched alkanes of at least 4 members (excludes halogenated alkanes) is 20. The summed E-state index contributed by atoms with van der Waals surface area (Å²) in [5.41, 5.74) is 0. The van der Waals surface area contributed by atoms with Gasteiger partial charge in [-0.05, 0) is 25.7 Å². The fourth-order valence-corrected chi connectivity index (χ4v) is 3.87. The van der Waals surface area contributed by atoms with Crippen molar-refractivity contribution in [1.82, 2.24) is 0 Å². The summed E-state index contributed by atoms with van der Waals surface area (Å²) >= 11 is 0. The van der Waals surface area contributed by atoms with Crippen molar-refractivity contribution in [2.45, 2.75) is 168 Å². The third kappa shape index (κ3) is 42.1. The summed E-state index contributed by atoms with van der Waals surface area (Å²) in [6.45, 7) is 4.49. The molecule has 5 heteroatoms. The quantitative estimate of drug-likeness (QED) is 0.103. The van der Waals surface area contributed by atoms with E-state index in [9.17, 15) is 19.8 Å². The molecule has 0 aromatic carbocycles. The van der Waals surface area contributed by atoms with E-state index in [2.05, 4.69) is 13.8 Å². The Balaban J connectivity index is -0.000000529. The van der Waals surface area contributed by atoms with E-state index < -0.39 is 11.9 Å². The maximum atomic E-state index is 10.1. The second kappa shape index (κ2) is 33.6. The van der Waals surface area contributed by atoms with Gasteiger partial charge < -0.3 is 19.8 Å². The van der Waals surface area contributed by atoms with E-state index >= 15 is 0 Å². The molecule has 0 atom stereocenters. The molecule has 0 rings (SSSR count). The maximum absolute atomic E-state index is 10.1. The van der Waals surface area contributed by atoms with Gasteiger partial charge in [0.1, 0.15) is 0 Å². The van der Waals surface area contributed by atoms with E-state index in [1.54, 1.807) is 0 Å². The summed E-state index contributed by atoms with van der Waals surface area (Å²) in [6, 6.07) is 0. The topological polar surface area (TPSA) is 80.3 Å². The van der Waals surface area contributed by atoms with Crippen LogP contribution >= 0.6 is 0 Å². The molecule has 4 nitrogen and oxygen atoms in total. The van der Waals surface area contributed by atoms with Gasteiger partial charge in [-0.3, -0.25) is 0 Å². The average molecular weight is 518 g/mol. The van der Waals surface area contributed by atoms with Gasteiger partial charge in [0, 0.05) is 11.9 Å². The molecule has 0 aromatic rings. The van der Waals surface area contributed by atoms with Crippen molar-refractivity contribution < 1.29 is 36.9 Å². The minimum Gasteiger partial charge on any atom is -0.550 e. The van der Waals surface area contributed by atoms with Gasteiger partial charge in [-0.2, -0.15) is 0 Å². The minimum atomic E-state index is -0.907. The van der Waals surface area contributed by atoms with Crippen LogP contribution in [0, 0.1) is 0 Å². The van der Waals surface area contributed by atoms with Gasteiger partial charge in [-0.25, -0.2) is 0 Å². The normalized spacial score (nSPS) is 10.2. The Morgan fingerprint density at radius 3 is 0.758 bits per heavy atom. The van der Waals surface area contributed by atoms with Crippen LogP contribution in [-0.2, 0) is 26.7 Å². The van der Waals surface area contributed by atoms with Crippen LogP contribution in [0.1, 0.15) is 168 Å². The van der Waals surface area contributed by atoms with Gasteiger partial charge >= 0.3 is 17.1 Å². The van der Waals surface area contributed by atoms with Crippen LogP contribution in [0.3, 0.4) is 0 Å². The fourth-order valence-electron chi connectivity index (χ4n) is 3.87. The molecule has 1 radical (unpaired) electrons. The summed E-state index contributed by atoms with van der Waals surface area (Å²) < 4.78 is 0. The number of aliphatic carboxylic acids is 2. The van der Waals surface area contributed by atoms with Gasteiger partial charge in [0.05, 0.1) is 0 Å². The Hall–Kier alpha value is -0.541. The van der Waals surface area contributed by atoms with Gasteiger partial charge in [0.25, 0.3) is 0 Å². The smallest absolute Gasteiger partial charge is 0.550 e. The van der Waals surface area contributed by atoms with E-state index in [4.69, 9.17) is 0 Å². The molecule has 0 aromatic heterocycles. The van der Waals surface area contributed by atoms with Crippen molar-refractivity contribution in [1.29, 1.82) is 0 Å². The molecule has 0 amide bonds. The summed E-state index contributed by atoms with van der Waals surface area (Å²) in [5, 5.41) is 20.3. The zero-order chi connectivity index (χ0) is 24.1. The first-order chi connectivity index (χ1) is 15.5. The van der Waals surface area contributed by atoms with Crippen molar-refractivity contribution >= 4 is 11.9 Å². The van der Waals surface area contributed by atoms with Crippen molar-refractivity contribution in [3.63, 3.8) is 0 Å². The maximum Gasteiger partial charge on any atom is 2.00 e. The van der Waals surface area contributed by atoms with Gasteiger partial charge in [0.15, 0.2) is 0 Å². The Kier molecular flexibility index (Phi) is 37.7. The van der Waals surface area contributed by atoms with Crippen LogP contribution in [-0.4, -0.2) is 11.9 Å². The molecule has 0 saturated heterocycles. The molecule has 0 saturated carbocycles. The monoisotopic (exact) mass is 517 g/mol. The van der Waals surface area contributed by atoms with Crippen molar-refractivity contribution in [3.05, 3.63) is 0 Å². The molecule has 201 valence electrons. The molecule has 0 aliphatic carbocycles. The first kappa shape index (κ1) is 37.0. The SMILES string of the molecule is CCCCCCCCCCCCCC(=O)[O-].CCCCCCCCCCCCCC(=O)[O-].[Cu+2]. The van der Waals surface area contributed by atoms with E-state index in [1.165, 1.54) is 116 Å². The van der Waals surface area contributed by atoms with Crippen molar-refractivity contribution in [2.24, 2.45) is 0 Å². The summed E-state index contributed by atoms with van der Waals surface area (Å²) in [5.74, 6) is -1.81. The number of carboxylic acids is 2. The number of carbonyl (C=O) groups is 2. The zero-order valence-corrected chi connectivity index (χ0v) is 22.8. The van der Waals surface area contributed by atoms with Crippen molar-refractivity contribution in [2.75, 3.05) is 0 Å². The van der Waals surface area contributed by atoms with Crippen LogP contribution in [0.25, 0.3) is 0 Å². The molecule has 0 aliphatic heterocycles. The van der Waals surface area contributed by atoms with Crippen LogP contribution in [0.2, 0.25) is 0 Å². The summed E-state index contributed by atoms with van der Waals surface area (Å²) in [7, 11) is 0. The third-order valence-electron chi connectivity index (χ3n) is 5.97. The van der Waals surface area contributed by atoms with Crippen LogP contribution < -0.4 is 10.2 Å². The molecule has 0 bridgehead atoms. The summed E-state index contributed by atoms with van der Waals surface area (Å²) in [4.78, 5) is 20.3. The predicted molar refractivity (Wildman–Crippen MR) is 132 cm³/mol. The molecule has 0 spiro atoms. The van der Waals surface area contributed by atoms with Gasteiger partial charge in [-0.1, -0.05) is 142 Å². The number of hydrogen-bond donors (Lipinski definition) is 0. The van der Waals surface area contributed by atoms with Gasteiger partial charge in [-0.15, -0.1) is 0 Å². The average Bonchev–Trinajstić information content (AvgIpc) is 2.76. The molecular weight excluding hydrogens is 464 g/mol. The molecule has 0 fully saturated rings. The second-order valence-electron chi connectivity index (χ2n) is 9.32. The fraction of sp³-hybridized carbons (Fsp3) is 0.929. The van der Waals surface area contributed by atoms with Crippen LogP contribution in [0.15, 0.2) is 0 Å². The molecule has 33 heavy (non-hydrogen) atoms. The minimum absolute atomic E-state index is 0. The number of carboxylic acid groups (broad SMARTS) is 2. The first-order valence-electron chi connectivity index (χ1n) is 13.9. The molecule has 0 aliphatic rings. The third-order valence-corrected chi connectivity index (χ3v) is 5.97. The standard InChI is InChI=1S/2C14H28O2.Cu/c2*1-2-3-4-5-6-7-8-9-10-11-12-13-14(15)16;/h2*2-13H2,1H3,(H,15,16);/q;;+2/p-2. The number of hydrogen-bond acceptors (Lipinski definition) is 4. The van der Waals surface area contributed by atoms with E-state index in [0.717, 1.165) is 25.7 Å². The Morgan fingerprint density at radius 2 is 0.576 bits per heavy atom. The number of carbonyl (C=O) groups excluding carboxylic acids is 2. The zero-order valence-electron chi connectivity index (χ0n) is 21.9. The Labute approximate surface area is 216 Å². The summed E-state index contributed by atoms with van der Waals surface area (Å²) in [6.07, 6.45) is 28.1. The second-order valence-corrected chi connectivity index (χ2v) is 9.32. The Morgan fingerprint density at radius 1 is 0.394 bits per heavy atom. The van der Waals surface area contributed by atoms with Crippen LogP contribution in [0.4, 0.5) is 0 Å². The van der Waals surface area contributed by atoms with Crippen LogP contribution in [0.5, 0.6) is 0 Å². The van der Waals surface area contributed by atoms with Gasteiger partial charge in [0.2, 0.25) is 0 Å². The van der Waals surface area contributed by atoms with E-state index in [1.807, 2.05) is 0 Å². The van der Waals surface area contributed by atoms with Crippen molar-refractivity contribution in [3.8, 4) is 0 Å². The van der Waals surface area contributed by atoms with E-state index in [-0.39, 0.29) is 29.9 Å². The molecular formula is C28H54CuO4. The number of rotatable bonds is 24. The predicted octanol–water partition coefficient (Wildman–Crippen LogP) is 6.87. The van der Waals surface area contributed by atoms with E-state index in [0.29, 0.717) is 0 Å². The molecule has 0 unspecified atom stereocenters. The largest absolute Gasteiger partial charge is 2.00 e. The Bertz CT molecular complexity index is 352. The molecule has 0 N–H and O–H groups in total. The molecule has 0 heterocycles. The first-order valence-corrected chi connectivity index (χ1v) is 13.9.